The van der Waals surface area contributed by atoms with Crippen molar-refractivity contribution in [3.63, 3.8) is 0 Å². The Morgan fingerprint density at radius 2 is 2.13 bits per heavy atom. The summed E-state index contributed by atoms with van der Waals surface area (Å²) >= 11 is 3.31. The van der Waals surface area contributed by atoms with Crippen molar-refractivity contribution in [1.82, 2.24) is 0 Å². The Morgan fingerprint density at radius 3 is 2.80 bits per heavy atom. The maximum atomic E-state index is 11.8. The number of halogens is 1. The van der Waals surface area contributed by atoms with Crippen molar-refractivity contribution < 1.29 is 9.21 Å². The second-order valence-electron chi connectivity index (χ2n) is 3.26. The first-order valence-electron chi connectivity index (χ1n) is 4.30. The van der Waals surface area contributed by atoms with Gasteiger partial charge in [-0.2, -0.15) is 0 Å². The van der Waals surface area contributed by atoms with Crippen LogP contribution in [0.25, 0.3) is 11.0 Å². The molecule has 0 aliphatic heterocycles. The molecule has 2 aromatic rings. The van der Waals surface area contributed by atoms with Crippen LogP contribution in [0.3, 0.4) is 0 Å². The average Bonchev–Trinajstić information content (AvgIpc) is 2.19. The molecule has 0 saturated carbocycles. The summed E-state index contributed by atoms with van der Waals surface area (Å²) in [5, 5.41) is 0.423. The Balaban J connectivity index is 2.99. The summed E-state index contributed by atoms with van der Waals surface area (Å²) in [6.45, 7) is 1.87. The predicted molar refractivity (Wildman–Crippen MR) is 60.3 cm³/mol. The Labute approximate surface area is 93.8 Å². The van der Waals surface area contributed by atoms with Crippen LogP contribution in [-0.2, 0) is 0 Å². The van der Waals surface area contributed by atoms with E-state index in [0.717, 1.165) is 5.56 Å². The van der Waals surface area contributed by atoms with Gasteiger partial charge in [0.25, 0.3) is 0 Å². The van der Waals surface area contributed by atoms with E-state index < -0.39 is 0 Å². The Bertz CT molecular complexity index is 599. The molecular formula is C11H7BrO3. The maximum Gasteiger partial charge on any atom is 0.203 e. The first kappa shape index (κ1) is 10.1. The number of benzene rings is 1. The van der Waals surface area contributed by atoms with Crippen LogP contribution in [0.1, 0.15) is 15.9 Å². The fraction of sp³-hybridized carbons (Fsp3) is 0.0909. The number of carbonyl (C=O) groups is 1. The van der Waals surface area contributed by atoms with Crippen LogP contribution in [0.5, 0.6) is 0 Å². The monoisotopic (exact) mass is 266 g/mol. The van der Waals surface area contributed by atoms with Crippen molar-refractivity contribution in [2.24, 2.45) is 0 Å². The topological polar surface area (TPSA) is 47.3 Å². The summed E-state index contributed by atoms with van der Waals surface area (Å²) in [4.78, 5) is 22.3. The van der Waals surface area contributed by atoms with E-state index in [1.165, 1.54) is 6.26 Å². The molecule has 0 saturated heterocycles. The minimum absolute atomic E-state index is 0.0417. The number of carbonyl (C=O) groups excluding carboxylic acids is 1. The highest BCUT2D eigenvalue weighted by Gasteiger charge is 2.09. The number of aldehydes is 1. The summed E-state index contributed by atoms with van der Waals surface area (Å²) in [6, 6.07) is 3.56. The number of hydrogen-bond donors (Lipinski definition) is 0. The van der Waals surface area contributed by atoms with Crippen molar-refractivity contribution in [2.75, 3.05) is 0 Å². The minimum atomic E-state index is -0.296. The van der Waals surface area contributed by atoms with Crippen LogP contribution >= 0.6 is 15.9 Å². The van der Waals surface area contributed by atoms with Crippen LogP contribution in [0.2, 0.25) is 0 Å². The smallest absolute Gasteiger partial charge is 0.203 e. The third-order valence-electron chi connectivity index (χ3n) is 2.13. The van der Waals surface area contributed by atoms with Gasteiger partial charge in [-0.3, -0.25) is 9.59 Å². The van der Waals surface area contributed by atoms with E-state index in [1.54, 1.807) is 6.07 Å². The second-order valence-corrected chi connectivity index (χ2v) is 4.12. The molecule has 0 N–H and O–H groups in total. The lowest BCUT2D eigenvalue weighted by Gasteiger charge is -2.01. The third-order valence-corrected chi connectivity index (χ3v) is 2.71. The molecule has 0 unspecified atom stereocenters. The lowest BCUT2D eigenvalue weighted by atomic mass is 10.1. The van der Waals surface area contributed by atoms with Crippen molar-refractivity contribution in [1.29, 1.82) is 0 Å². The quantitative estimate of drug-likeness (QED) is 0.746. The highest BCUT2D eigenvalue weighted by Crippen LogP contribution is 2.23. The third kappa shape index (κ3) is 1.61. The minimum Gasteiger partial charge on any atom is -0.462 e. The Morgan fingerprint density at radius 1 is 1.40 bits per heavy atom. The summed E-state index contributed by atoms with van der Waals surface area (Å²) < 4.78 is 5.94. The van der Waals surface area contributed by atoms with E-state index in [0.29, 0.717) is 21.7 Å². The fourth-order valence-corrected chi connectivity index (χ4v) is 2.10. The molecule has 76 valence electrons. The molecule has 0 aliphatic rings. The molecule has 1 heterocycles. The van der Waals surface area contributed by atoms with Gasteiger partial charge in [0.15, 0.2) is 11.9 Å². The van der Waals surface area contributed by atoms with Gasteiger partial charge in [0.2, 0.25) is 5.43 Å². The van der Waals surface area contributed by atoms with Gasteiger partial charge in [0.1, 0.15) is 6.26 Å². The molecule has 0 amide bonds. The van der Waals surface area contributed by atoms with Crippen LogP contribution in [0, 0.1) is 6.92 Å². The van der Waals surface area contributed by atoms with Gasteiger partial charge >= 0.3 is 0 Å². The number of rotatable bonds is 1. The van der Waals surface area contributed by atoms with Crippen LogP contribution < -0.4 is 5.43 Å². The zero-order chi connectivity index (χ0) is 11.0. The van der Waals surface area contributed by atoms with Gasteiger partial charge in [-0.1, -0.05) is 0 Å². The average molecular weight is 267 g/mol. The number of hydrogen-bond acceptors (Lipinski definition) is 3. The van der Waals surface area contributed by atoms with Crippen LogP contribution in [-0.4, -0.2) is 6.29 Å². The van der Waals surface area contributed by atoms with E-state index in [1.807, 2.05) is 13.0 Å². The molecule has 1 aromatic heterocycles. The van der Waals surface area contributed by atoms with E-state index >= 15 is 0 Å². The van der Waals surface area contributed by atoms with Crippen molar-refractivity contribution in [3.8, 4) is 0 Å². The molecule has 15 heavy (non-hydrogen) atoms. The SMILES string of the molecule is Cc1cc(Br)c2occ(C=O)c(=O)c2c1. The van der Waals surface area contributed by atoms with E-state index in [9.17, 15) is 9.59 Å². The fourth-order valence-electron chi connectivity index (χ4n) is 1.43. The highest BCUT2D eigenvalue weighted by atomic mass is 79.9. The standard InChI is InChI=1S/C11H7BrO3/c1-6-2-8-10(14)7(4-13)5-15-11(8)9(12)3-6/h2-5H,1H3. The number of fused-ring (bicyclic) bond motifs is 1. The van der Waals surface area contributed by atoms with Gasteiger partial charge in [-0.15, -0.1) is 0 Å². The molecule has 4 heteroatoms. The van der Waals surface area contributed by atoms with E-state index in [-0.39, 0.29) is 11.0 Å². The van der Waals surface area contributed by atoms with Crippen LogP contribution in [0.4, 0.5) is 0 Å². The summed E-state index contributed by atoms with van der Waals surface area (Å²) in [5.41, 5.74) is 1.15. The zero-order valence-electron chi connectivity index (χ0n) is 7.91. The lowest BCUT2D eigenvalue weighted by Crippen LogP contribution is -2.07. The first-order valence-corrected chi connectivity index (χ1v) is 5.09. The second kappa shape index (κ2) is 3.62. The van der Waals surface area contributed by atoms with E-state index in [4.69, 9.17) is 4.42 Å². The lowest BCUT2D eigenvalue weighted by molar-refractivity contribution is 0.112. The summed E-state index contributed by atoms with van der Waals surface area (Å²) in [6.07, 6.45) is 1.68. The van der Waals surface area contributed by atoms with Crippen molar-refractivity contribution in [3.05, 3.63) is 44.2 Å². The molecular weight excluding hydrogens is 260 g/mol. The first-order chi connectivity index (χ1) is 7.13. The van der Waals surface area contributed by atoms with Crippen molar-refractivity contribution in [2.45, 2.75) is 6.92 Å². The normalized spacial score (nSPS) is 10.5. The predicted octanol–water partition coefficient (Wildman–Crippen LogP) is 2.68. The summed E-state index contributed by atoms with van der Waals surface area (Å²) in [5.74, 6) is 0. The van der Waals surface area contributed by atoms with Gasteiger partial charge < -0.3 is 4.42 Å². The van der Waals surface area contributed by atoms with Gasteiger partial charge in [0, 0.05) is 0 Å². The summed E-state index contributed by atoms with van der Waals surface area (Å²) in [7, 11) is 0. The van der Waals surface area contributed by atoms with Crippen molar-refractivity contribution >= 4 is 33.2 Å². The zero-order valence-corrected chi connectivity index (χ0v) is 9.50. The molecule has 2 rings (SSSR count). The molecule has 0 bridgehead atoms. The highest BCUT2D eigenvalue weighted by molar-refractivity contribution is 9.10. The largest absolute Gasteiger partial charge is 0.462 e. The molecule has 0 atom stereocenters. The van der Waals surface area contributed by atoms with Crippen LogP contribution in [0.15, 0.2) is 32.1 Å². The van der Waals surface area contributed by atoms with E-state index in [2.05, 4.69) is 15.9 Å². The molecule has 0 aliphatic carbocycles. The number of aryl methyl sites for hydroxylation is 1. The molecule has 0 spiro atoms. The molecule has 3 nitrogen and oxygen atoms in total. The van der Waals surface area contributed by atoms with Gasteiger partial charge in [-0.25, -0.2) is 0 Å². The molecule has 1 aromatic carbocycles. The Kier molecular flexibility index (Phi) is 2.44. The molecule has 0 fully saturated rings. The molecule has 0 radical (unpaired) electrons. The maximum absolute atomic E-state index is 11.8. The van der Waals surface area contributed by atoms with Gasteiger partial charge in [0.05, 0.1) is 15.4 Å². The van der Waals surface area contributed by atoms with Gasteiger partial charge in [-0.05, 0) is 40.5 Å². The Hall–Kier alpha value is -1.42.